The number of rotatable bonds is 6. The number of anilines is 1. The molecule has 0 unspecified atom stereocenters. The Labute approximate surface area is 199 Å². The van der Waals surface area contributed by atoms with E-state index in [1.807, 2.05) is 91.5 Å². The van der Waals surface area contributed by atoms with Gasteiger partial charge in [0.05, 0.1) is 13.7 Å². The molecule has 4 aromatic rings. The number of nitrogens with one attached hydrogen (secondary N) is 2. The predicted octanol–water partition coefficient (Wildman–Crippen LogP) is 5.55. The number of aromatic nitrogens is 1. The molecule has 0 saturated carbocycles. The van der Waals surface area contributed by atoms with E-state index in [-0.39, 0.29) is 5.56 Å². The van der Waals surface area contributed by atoms with Gasteiger partial charge < -0.3 is 19.9 Å². The molecule has 5 nitrogen and oxygen atoms in total. The molecule has 0 spiro atoms. The van der Waals surface area contributed by atoms with Gasteiger partial charge in [-0.2, -0.15) is 0 Å². The largest absolute Gasteiger partial charge is 0.497 e. The minimum atomic E-state index is -0.106. The monoisotopic (exact) mass is 457 g/mol. The first-order chi connectivity index (χ1) is 15.9. The number of nitrogens with zero attached hydrogens (tertiary/aromatic N) is 1. The highest BCUT2D eigenvalue weighted by Crippen LogP contribution is 2.18. The van der Waals surface area contributed by atoms with Gasteiger partial charge in [-0.15, -0.1) is 0 Å². The predicted molar refractivity (Wildman–Crippen MR) is 139 cm³/mol. The number of fused-ring (bicyclic) bond motifs is 1. The van der Waals surface area contributed by atoms with Gasteiger partial charge in [-0.3, -0.25) is 4.79 Å². The number of pyridine rings is 1. The van der Waals surface area contributed by atoms with Crippen LogP contribution in [0.25, 0.3) is 10.9 Å². The van der Waals surface area contributed by atoms with Crippen LogP contribution in [-0.2, 0) is 13.1 Å². The second kappa shape index (κ2) is 9.88. The summed E-state index contributed by atoms with van der Waals surface area (Å²) in [5, 5.41) is 4.87. The number of thiocarbonyl (C=S) groups is 1. The van der Waals surface area contributed by atoms with Crippen LogP contribution in [0.1, 0.15) is 22.3 Å². The molecule has 6 heteroatoms. The van der Waals surface area contributed by atoms with Crippen molar-refractivity contribution in [2.75, 3.05) is 12.4 Å². The quantitative estimate of drug-likeness (QED) is 0.372. The van der Waals surface area contributed by atoms with Gasteiger partial charge in [0.2, 0.25) is 0 Å². The van der Waals surface area contributed by atoms with Crippen molar-refractivity contribution in [2.24, 2.45) is 0 Å². The fourth-order valence-corrected chi connectivity index (χ4v) is 3.92. The van der Waals surface area contributed by atoms with Crippen LogP contribution in [0.15, 0.2) is 77.6 Å². The number of aryl methyl sites for hydroxylation is 2. The van der Waals surface area contributed by atoms with Crippen molar-refractivity contribution < 1.29 is 4.74 Å². The molecule has 0 aliphatic rings. The Balaban J connectivity index is 1.63. The Hall–Kier alpha value is -3.64. The molecule has 0 saturated heterocycles. The summed E-state index contributed by atoms with van der Waals surface area (Å²) in [5.41, 5.74) is 5.66. The zero-order valence-corrected chi connectivity index (χ0v) is 19.8. The molecule has 0 aliphatic heterocycles. The highest BCUT2D eigenvalue weighted by atomic mass is 32.1. The maximum absolute atomic E-state index is 12.9. The summed E-state index contributed by atoms with van der Waals surface area (Å²) in [6.07, 6.45) is 0. The summed E-state index contributed by atoms with van der Waals surface area (Å²) in [7, 11) is 1.65. The molecule has 0 atom stereocenters. The summed E-state index contributed by atoms with van der Waals surface area (Å²) in [6.45, 7) is 4.99. The van der Waals surface area contributed by atoms with Crippen molar-refractivity contribution in [3.8, 4) is 5.75 Å². The number of ether oxygens (including phenoxy) is 1. The molecule has 0 aliphatic carbocycles. The topological polar surface area (TPSA) is 57.4 Å². The highest BCUT2D eigenvalue weighted by molar-refractivity contribution is 7.80. The average Bonchev–Trinajstić information content (AvgIpc) is 2.81. The van der Waals surface area contributed by atoms with Gasteiger partial charge in [0, 0.05) is 23.3 Å². The highest BCUT2D eigenvalue weighted by Gasteiger charge is 2.15. The molecule has 0 fully saturated rings. The lowest BCUT2D eigenvalue weighted by molar-refractivity contribution is 0.406. The Morgan fingerprint density at radius 1 is 0.939 bits per heavy atom. The molecule has 0 radical (unpaired) electrons. The molecule has 0 amide bonds. The van der Waals surface area contributed by atoms with Crippen molar-refractivity contribution in [3.63, 3.8) is 0 Å². The number of benzene rings is 3. The minimum Gasteiger partial charge on any atom is -0.497 e. The maximum atomic E-state index is 12.9. The summed E-state index contributed by atoms with van der Waals surface area (Å²) in [4.78, 5) is 17.9. The van der Waals surface area contributed by atoms with E-state index in [0.29, 0.717) is 23.8 Å². The van der Waals surface area contributed by atoms with Crippen molar-refractivity contribution >= 4 is 33.9 Å². The van der Waals surface area contributed by atoms with Crippen molar-refractivity contribution in [2.45, 2.75) is 26.9 Å². The number of hydrogen-bond donors (Lipinski definition) is 2. The van der Waals surface area contributed by atoms with Gasteiger partial charge in [0.1, 0.15) is 5.75 Å². The van der Waals surface area contributed by atoms with Crippen LogP contribution in [-0.4, -0.2) is 22.1 Å². The Bertz CT molecular complexity index is 1330. The van der Waals surface area contributed by atoms with E-state index in [4.69, 9.17) is 17.0 Å². The standard InChI is InChI=1S/C27H27N3O2S/c1-18-5-10-23(11-6-18)28-27(33)30(16-20-7-12-24(32-3)13-8-20)17-22-15-21-9-4-19(2)14-25(21)29-26(22)31/h4-15H,16-17H2,1-3H3,(H,28,33)(H,29,31). The zero-order valence-electron chi connectivity index (χ0n) is 19.0. The van der Waals surface area contributed by atoms with Crippen molar-refractivity contribution in [1.29, 1.82) is 0 Å². The molecular formula is C27H27N3O2S. The molecule has 1 heterocycles. The second-order valence-electron chi connectivity index (χ2n) is 8.21. The van der Waals surface area contributed by atoms with E-state index >= 15 is 0 Å². The van der Waals surface area contributed by atoms with Crippen LogP contribution in [0, 0.1) is 13.8 Å². The number of hydrogen-bond acceptors (Lipinski definition) is 3. The molecule has 3 aromatic carbocycles. The lowest BCUT2D eigenvalue weighted by Gasteiger charge is -2.26. The lowest BCUT2D eigenvalue weighted by Crippen LogP contribution is -2.35. The van der Waals surface area contributed by atoms with Crippen LogP contribution in [0.5, 0.6) is 5.75 Å². The summed E-state index contributed by atoms with van der Waals surface area (Å²) < 4.78 is 5.27. The fraction of sp³-hybridized carbons (Fsp3) is 0.185. The molecule has 0 bridgehead atoms. The minimum absolute atomic E-state index is 0.106. The zero-order chi connectivity index (χ0) is 23.4. The third kappa shape index (κ3) is 5.59. The third-order valence-corrected chi connectivity index (χ3v) is 5.92. The van der Waals surface area contributed by atoms with E-state index < -0.39 is 0 Å². The van der Waals surface area contributed by atoms with Crippen molar-refractivity contribution in [1.82, 2.24) is 9.88 Å². The number of methoxy groups -OCH3 is 1. The van der Waals surface area contributed by atoms with E-state index in [0.717, 1.165) is 33.5 Å². The summed E-state index contributed by atoms with van der Waals surface area (Å²) in [5.74, 6) is 0.798. The Morgan fingerprint density at radius 2 is 1.64 bits per heavy atom. The summed E-state index contributed by atoms with van der Waals surface area (Å²) in [6, 6.07) is 23.9. The maximum Gasteiger partial charge on any atom is 0.253 e. The molecule has 33 heavy (non-hydrogen) atoms. The number of H-pyrrole nitrogens is 1. The van der Waals surface area contributed by atoms with E-state index in [1.54, 1.807) is 7.11 Å². The van der Waals surface area contributed by atoms with Crippen LogP contribution in [0.2, 0.25) is 0 Å². The van der Waals surface area contributed by atoms with Crippen molar-refractivity contribution in [3.05, 3.63) is 105 Å². The molecule has 168 valence electrons. The summed E-state index contributed by atoms with van der Waals surface area (Å²) >= 11 is 5.77. The van der Waals surface area contributed by atoms with Gasteiger partial charge in [-0.1, -0.05) is 42.0 Å². The van der Waals surface area contributed by atoms with E-state index in [1.165, 1.54) is 5.56 Å². The molecular weight excluding hydrogens is 430 g/mol. The van der Waals surface area contributed by atoms with Gasteiger partial charge >= 0.3 is 0 Å². The van der Waals surface area contributed by atoms with E-state index in [2.05, 4.69) is 10.3 Å². The smallest absolute Gasteiger partial charge is 0.253 e. The van der Waals surface area contributed by atoms with Crippen LogP contribution in [0.4, 0.5) is 5.69 Å². The molecule has 2 N–H and O–H groups in total. The second-order valence-corrected chi connectivity index (χ2v) is 8.60. The first kappa shape index (κ1) is 22.6. The normalized spacial score (nSPS) is 10.8. The number of aromatic amines is 1. The molecule has 1 aromatic heterocycles. The first-order valence-electron chi connectivity index (χ1n) is 10.8. The van der Waals surface area contributed by atoms with Gasteiger partial charge in [0.25, 0.3) is 5.56 Å². The Morgan fingerprint density at radius 3 is 2.33 bits per heavy atom. The Kier molecular flexibility index (Phi) is 6.75. The van der Waals surface area contributed by atoms with Gasteiger partial charge in [-0.05, 0) is 79.0 Å². The van der Waals surface area contributed by atoms with Gasteiger partial charge in [0.15, 0.2) is 5.11 Å². The van der Waals surface area contributed by atoms with Crippen LogP contribution >= 0.6 is 12.2 Å². The molecule has 4 rings (SSSR count). The third-order valence-electron chi connectivity index (χ3n) is 5.56. The van der Waals surface area contributed by atoms with E-state index in [9.17, 15) is 4.79 Å². The fourth-order valence-electron chi connectivity index (χ4n) is 3.67. The first-order valence-corrected chi connectivity index (χ1v) is 11.2. The van der Waals surface area contributed by atoms with Gasteiger partial charge in [-0.25, -0.2) is 0 Å². The van der Waals surface area contributed by atoms with Crippen LogP contribution < -0.4 is 15.6 Å². The average molecular weight is 458 g/mol. The van der Waals surface area contributed by atoms with Crippen LogP contribution in [0.3, 0.4) is 0 Å². The lowest BCUT2D eigenvalue weighted by atomic mass is 10.1. The SMILES string of the molecule is COc1ccc(CN(Cc2cc3ccc(C)cc3[nH]c2=O)C(=S)Nc2ccc(C)cc2)cc1.